The molecule has 3 nitrogen and oxygen atoms in total. The Kier molecular flexibility index (Phi) is 2.03. The van der Waals surface area contributed by atoms with Gasteiger partial charge in [-0.3, -0.25) is 0 Å². The van der Waals surface area contributed by atoms with Gasteiger partial charge in [-0.2, -0.15) is 0 Å². The van der Waals surface area contributed by atoms with Gasteiger partial charge in [0.2, 0.25) is 0 Å². The van der Waals surface area contributed by atoms with Crippen LogP contribution >= 0.6 is 23.1 Å². The van der Waals surface area contributed by atoms with Crippen LogP contribution in [0.25, 0.3) is 11.4 Å². The number of thioether (sulfide) groups is 1. The van der Waals surface area contributed by atoms with Crippen LogP contribution in [0.3, 0.4) is 0 Å². The van der Waals surface area contributed by atoms with Gasteiger partial charge in [0.25, 0.3) is 0 Å². The van der Waals surface area contributed by atoms with Gasteiger partial charge in [-0.15, -0.1) is 23.1 Å². The summed E-state index contributed by atoms with van der Waals surface area (Å²) in [5.74, 6) is 1.81. The number of aromatic nitrogens is 3. The Morgan fingerprint density at radius 3 is 2.93 bits per heavy atom. The van der Waals surface area contributed by atoms with Crippen LogP contribution in [0.2, 0.25) is 0 Å². The first-order valence-corrected chi connectivity index (χ1v) is 6.47. The standard InChI is InChI=1S/C10H9N3S2/c1-5-11-3-7-9(12-5)10-8(4-14-7)15-6(2)13-10/h3H,4H2,1-2H3. The van der Waals surface area contributed by atoms with E-state index in [1.54, 1.807) is 23.1 Å². The predicted molar refractivity (Wildman–Crippen MR) is 62.2 cm³/mol. The van der Waals surface area contributed by atoms with Crippen LogP contribution in [0.1, 0.15) is 15.7 Å². The predicted octanol–water partition coefficient (Wildman–Crippen LogP) is 2.82. The quantitative estimate of drug-likeness (QED) is 0.704. The Morgan fingerprint density at radius 1 is 1.20 bits per heavy atom. The van der Waals surface area contributed by atoms with E-state index in [0.717, 1.165) is 32.9 Å². The fraction of sp³-hybridized carbons (Fsp3) is 0.300. The fourth-order valence-corrected chi connectivity index (χ4v) is 3.60. The highest BCUT2D eigenvalue weighted by Crippen LogP contribution is 2.41. The summed E-state index contributed by atoms with van der Waals surface area (Å²) in [6.07, 6.45) is 1.90. The Hall–Kier alpha value is -0.940. The van der Waals surface area contributed by atoms with Crippen LogP contribution in [-0.4, -0.2) is 15.0 Å². The van der Waals surface area contributed by atoms with E-state index in [1.807, 2.05) is 20.0 Å². The maximum atomic E-state index is 4.55. The zero-order valence-corrected chi connectivity index (χ0v) is 10.1. The van der Waals surface area contributed by atoms with Gasteiger partial charge in [-0.25, -0.2) is 15.0 Å². The molecule has 3 heterocycles. The smallest absolute Gasteiger partial charge is 0.126 e. The maximum absolute atomic E-state index is 4.55. The largest absolute Gasteiger partial charge is 0.240 e. The van der Waals surface area contributed by atoms with Gasteiger partial charge in [-0.1, -0.05) is 0 Å². The van der Waals surface area contributed by atoms with Crippen molar-refractivity contribution in [3.8, 4) is 11.4 Å². The van der Waals surface area contributed by atoms with Gasteiger partial charge in [0, 0.05) is 16.8 Å². The first-order chi connectivity index (χ1) is 7.24. The number of fused-ring (bicyclic) bond motifs is 3. The molecule has 0 unspecified atom stereocenters. The lowest BCUT2D eigenvalue weighted by Crippen LogP contribution is -1.99. The molecule has 0 radical (unpaired) electrons. The SMILES string of the molecule is Cc1ncc2c(n1)-c1nc(C)sc1CS2. The average molecular weight is 235 g/mol. The van der Waals surface area contributed by atoms with Crippen molar-refractivity contribution in [1.82, 2.24) is 15.0 Å². The van der Waals surface area contributed by atoms with E-state index < -0.39 is 0 Å². The molecule has 0 amide bonds. The minimum Gasteiger partial charge on any atom is -0.240 e. The summed E-state index contributed by atoms with van der Waals surface area (Å²) in [6.45, 7) is 3.96. The third-order valence-corrected chi connectivity index (χ3v) is 4.46. The van der Waals surface area contributed by atoms with Crippen molar-refractivity contribution in [2.45, 2.75) is 24.5 Å². The molecule has 2 aromatic rings. The molecule has 1 aliphatic rings. The van der Waals surface area contributed by atoms with Crippen LogP contribution in [0.5, 0.6) is 0 Å². The molecule has 0 atom stereocenters. The number of nitrogens with zero attached hydrogens (tertiary/aromatic N) is 3. The van der Waals surface area contributed by atoms with E-state index in [-0.39, 0.29) is 0 Å². The van der Waals surface area contributed by atoms with Crippen LogP contribution < -0.4 is 0 Å². The Morgan fingerprint density at radius 2 is 2.07 bits per heavy atom. The molecule has 3 rings (SSSR count). The van der Waals surface area contributed by atoms with E-state index in [9.17, 15) is 0 Å². The minimum atomic E-state index is 0.813. The molecule has 0 saturated carbocycles. The topological polar surface area (TPSA) is 38.7 Å². The molecule has 2 aromatic heterocycles. The number of aryl methyl sites for hydroxylation is 2. The summed E-state index contributed by atoms with van der Waals surface area (Å²) in [5, 5.41) is 1.12. The lowest BCUT2D eigenvalue weighted by molar-refractivity contribution is 1.00. The van der Waals surface area contributed by atoms with Crippen LogP contribution in [-0.2, 0) is 5.75 Å². The van der Waals surface area contributed by atoms with Gasteiger partial charge in [-0.05, 0) is 13.8 Å². The summed E-state index contributed by atoms with van der Waals surface area (Å²) in [7, 11) is 0. The molecule has 0 N–H and O–H groups in total. The first-order valence-electron chi connectivity index (χ1n) is 4.67. The van der Waals surface area contributed by atoms with E-state index in [2.05, 4.69) is 15.0 Å². The molecule has 76 valence electrons. The zero-order valence-electron chi connectivity index (χ0n) is 8.44. The van der Waals surface area contributed by atoms with Gasteiger partial charge in [0.05, 0.1) is 9.90 Å². The van der Waals surface area contributed by atoms with Crippen molar-refractivity contribution in [2.75, 3.05) is 0 Å². The molecule has 0 aromatic carbocycles. The number of rotatable bonds is 0. The average Bonchev–Trinajstić information content (AvgIpc) is 2.58. The Balaban J connectivity index is 2.27. The first kappa shape index (κ1) is 9.30. The highest BCUT2D eigenvalue weighted by Gasteiger charge is 2.22. The van der Waals surface area contributed by atoms with Gasteiger partial charge in [0.15, 0.2) is 0 Å². The summed E-state index contributed by atoms with van der Waals surface area (Å²) in [5.41, 5.74) is 2.08. The normalized spacial score (nSPS) is 13.5. The fourth-order valence-electron chi connectivity index (χ4n) is 1.63. The summed E-state index contributed by atoms with van der Waals surface area (Å²) in [4.78, 5) is 15.7. The van der Waals surface area contributed by atoms with Crippen LogP contribution in [0, 0.1) is 13.8 Å². The van der Waals surface area contributed by atoms with Crippen molar-refractivity contribution in [3.63, 3.8) is 0 Å². The summed E-state index contributed by atoms with van der Waals surface area (Å²) in [6, 6.07) is 0. The lowest BCUT2D eigenvalue weighted by atomic mass is 10.2. The molecule has 0 saturated heterocycles. The summed E-state index contributed by atoms with van der Waals surface area (Å²) >= 11 is 3.57. The number of hydrogen-bond acceptors (Lipinski definition) is 5. The second kappa shape index (κ2) is 3.28. The van der Waals surface area contributed by atoms with E-state index >= 15 is 0 Å². The van der Waals surface area contributed by atoms with Crippen LogP contribution in [0.15, 0.2) is 11.1 Å². The summed E-state index contributed by atoms with van der Waals surface area (Å²) < 4.78 is 0. The molecule has 0 aliphatic carbocycles. The lowest BCUT2D eigenvalue weighted by Gasteiger charge is -2.12. The highest BCUT2D eigenvalue weighted by molar-refractivity contribution is 7.98. The second-order valence-corrected chi connectivity index (χ2v) is 5.73. The second-order valence-electron chi connectivity index (χ2n) is 3.42. The molecule has 0 spiro atoms. The van der Waals surface area contributed by atoms with Gasteiger partial charge < -0.3 is 0 Å². The molecule has 1 aliphatic heterocycles. The molecular weight excluding hydrogens is 226 g/mol. The Bertz CT molecular complexity index is 533. The molecule has 15 heavy (non-hydrogen) atoms. The van der Waals surface area contributed by atoms with E-state index in [0.29, 0.717) is 0 Å². The van der Waals surface area contributed by atoms with Crippen molar-refractivity contribution in [1.29, 1.82) is 0 Å². The minimum absolute atomic E-state index is 0.813. The third-order valence-electron chi connectivity index (χ3n) is 2.26. The Labute approximate surface area is 96.0 Å². The molecule has 0 fully saturated rings. The van der Waals surface area contributed by atoms with Crippen molar-refractivity contribution in [2.24, 2.45) is 0 Å². The molecular formula is C10H9N3S2. The monoisotopic (exact) mass is 235 g/mol. The maximum Gasteiger partial charge on any atom is 0.126 e. The van der Waals surface area contributed by atoms with Crippen molar-refractivity contribution >= 4 is 23.1 Å². The van der Waals surface area contributed by atoms with Crippen LogP contribution in [0.4, 0.5) is 0 Å². The van der Waals surface area contributed by atoms with E-state index in [4.69, 9.17) is 0 Å². The third kappa shape index (κ3) is 1.46. The number of hydrogen-bond donors (Lipinski definition) is 0. The van der Waals surface area contributed by atoms with Gasteiger partial charge >= 0.3 is 0 Å². The van der Waals surface area contributed by atoms with Gasteiger partial charge in [0.1, 0.15) is 17.2 Å². The molecule has 5 heteroatoms. The number of thiazole rings is 1. The highest BCUT2D eigenvalue weighted by atomic mass is 32.2. The van der Waals surface area contributed by atoms with E-state index in [1.165, 1.54) is 4.88 Å². The van der Waals surface area contributed by atoms with Crippen molar-refractivity contribution < 1.29 is 0 Å². The van der Waals surface area contributed by atoms with Crippen molar-refractivity contribution in [3.05, 3.63) is 21.9 Å². The molecule has 0 bridgehead atoms. The zero-order chi connectivity index (χ0) is 10.4.